The van der Waals surface area contributed by atoms with E-state index in [1.807, 2.05) is 6.07 Å². The fraction of sp³-hybridized carbons (Fsp3) is 0.517. The van der Waals surface area contributed by atoms with Gasteiger partial charge in [-0.15, -0.1) is 0 Å². The second kappa shape index (κ2) is 13.0. The lowest BCUT2D eigenvalue weighted by Crippen LogP contribution is -2.45. The third-order valence-electron chi connectivity index (χ3n) is 7.52. The van der Waals surface area contributed by atoms with Gasteiger partial charge in [0.25, 0.3) is 5.91 Å². The molecule has 5 rings (SSSR count). The third kappa shape index (κ3) is 7.41. The Bertz CT molecular complexity index is 1410. The average molecular weight is 573 g/mol. The summed E-state index contributed by atoms with van der Waals surface area (Å²) in [4.78, 5) is 15.0. The Balaban J connectivity index is 1.46. The molecule has 0 spiro atoms. The van der Waals surface area contributed by atoms with Crippen LogP contribution in [0.2, 0.25) is 0 Å². The number of rotatable bonds is 1. The number of amides is 1. The molecule has 220 valence electrons. The predicted octanol–water partition coefficient (Wildman–Crippen LogP) is 3.35. The van der Waals surface area contributed by atoms with Crippen molar-refractivity contribution in [2.24, 2.45) is 5.92 Å². The highest BCUT2D eigenvalue weighted by Crippen LogP contribution is 2.32. The fourth-order valence-corrected chi connectivity index (χ4v) is 5.52. The molecule has 2 unspecified atom stereocenters. The fourth-order valence-electron chi connectivity index (χ4n) is 5.52. The summed E-state index contributed by atoms with van der Waals surface area (Å²) in [6, 6.07) is 8.80. The Labute approximate surface area is 236 Å². The number of halogens is 3. The SMILES string of the molecule is CN1CCC2Nc3cccc4c3cc(n4CC(F)(F)F)C#CCNC(=O)c3ccnn3CCOCCOCCC2C1. The van der Waals surface area contributed by atoms with Crippen molar-refractivity contribution >= 4 is 22.5 Å². The number of carbonyl (C=O) groups is 1. The van der Waals surface area contributed by atoms with Gasteiger partial charge in [0.05, 0.1) is 44.1 Å². The van der Waals surface area contributed by atoms with Gasteiger partial charge in [-0.2, -0.15) is 18.3 Å². The van der Waals surface area contributed by atoms with Crippen LogP contribution in [0.15, 0.2) is 36.5 Å². The van der Waals surface area contributed by atoms with Gasteiger partial charge in [-0.1, -0.05) is 12.0 Å². The number of nitrogens with zero attached hydrogens (tertiary/aromatic N) is 4. The van der Waals surface area contributed by atoms with Crippen LogP contribution >= 0.6 is 0 Å². The normalized spacial score (nSPS) is 21.9. The van der Waals surface area contributed by atoms with Gasteiger partial charge in [-0.05, 0) is 62.5 Å². The van der Waals surface area contributed by atoms with Gasteiger partial charge in [0, 0.05) is 36.5 Å². The lowest BCUT2D eigenvalue weighted by atomic mass is 9.89. The number of likely N-dealkylation sites (tertiary alicyclic amines) is 1. The molecule has 0 radical (unpaired) electrons. The van der Waals surface area contributed by atoms with Gasteiger partial charge in [-0.3, -0.25) is 9.48 Å². The summed E-state index contributed by atoms with van der Waals surface area (Å²) in [6.07, 6.45) is -1.14. The number of piperidine rings is 1. The molecule has 0 aliphatic carbocycles. The van der Waals surface area contributed by atoms with Crippen molar-refractivity contribution in [1.82, 2.24) is 24.6 Å². The van der Waals surface area contributed by atoms with E-state index in [2.05, 4.69) is 39.5 Å². The molecule has 1 aromatic carbocycles. The summed E-state index contributed by atoms with van der Waals surface area (Å²) in [6.45, 7) is 2.86. The Morgan fingerprint density at radius 1 is 1.10 bits per heavy atom. The van der Waals surface area contributed by atoms with Crippen LogP contribution in [-0.2, 0) is 22.6 Å². The zero-order valence-electron chi connectivity index (χ0n) is 23.0. The lowest BCUT2D eigenvalue weighted by Gasteiger charge is -2.38. The van der Waals surface area contributed by atoms with Crippen molar-refractivity contribution in [2.75, 3.05) is 58.4 Å². The zero-order valence-corrected chi connectivity index (χ0v) is 23.0. The molecule has 2 aliphatic heterocycles. The van der Waals surface area contributed by atoms with Crippen LogP contribution in [0.5, 0.6) is 0 Å². The van der Waals surface area contributed by atoms with Gasteiger partial charge in [0.1, 0.15) is 12.2 Å². The van der Waals surface area contributed by atoms with Crippen LogP contribution in [0, 0.1) is 17.8 Å². The lowest BCUT2D eigenvalue weighted by molar-refractivity contribution is -0.140. The molecular formula is C29H35F3N6O3. The van der Waals surface area contributed by atoms with Crippen LogP contribution < -0.4 is 10.6 Å². The summed E-state index contributed by atoms with van der Waals surface area (Å²) in [5, 5.41) is 11.2. The zero-order chi connectivity index (χ0) is 28.8. The summed E-state index contributed by atoms with van der Waals surface area (Å²) in [5.74, 6) is 5.62. The highest BCUT2D eigenvalue weighted by atomic mass is 19.4. The average Bonchev–Trinajstić information content (AvgIpc) is 3.53. The van der Waals surface area contributed by atoms with Crippen molar-refractivity contribution in [3.63, 3.8) is 0 Å². The molecule has 0 saturated carbocycles. The minimum atomic E-state index is -4.43. The molecule has 2 bridgehead atoms. The predicted molar refractivity (Wildman–Crippen MR) is 149 cm³/mol. The molecule has 12 heteroatoms. The number of hydrogen-bond acceptors (Lipinski definition) is 6. The van der Waals surface area contributed by atoms with E-state index < -0.39 is 12.7 Å². The number of nitrogens with one attached hydrogen (secondary N) is 2. The minimum Gasteiger partial charge on any atom is -0.381 e. The number of ether oxygens (including phenoxy) is 2. The van der Waals surface area contributed by atoms with E-state index in [0.717, 1.165) is 31.6 Å². The van der Waals surface area contributed by atoms with E-state index in [9.17, 15) is 18.0 Å². The summed E-state index contributed by atoms with van der Waals surface area (Å²) in [7, 11) is 2.10. The number of benzene rings is 1. The molecule has 1 saturated heterocycles. The van der Waals surface area contributed by atoms with E-state index in [1.54, 1.807) is 28.9 Å². The first-order valence-corrected chi connectivity index (χ1v) is 13.9. The molecule has 2 aromatic heterocycles. The first kappa shape index (κ1) is 29.0. The number of aromatic nitrogens is 3. The summed E-state index contributed by atoms with van der Waals surface area (Å²) < 4.78 is 55.1. The number of anilines is 1. The summed E-state index contributed by atoms with van der Waals surface area (Å²) >= 11 is 0. The molecule has 41 heavy (non-hydrogen) atoms. The second-order valence-electron chi connectivity index (χ2n) is 10.5. The number of carbonyl (C=O) groups excluding carboxylic acids is 1. The Kier molecular flexibility index (Phi) is 9.17. The van der Waals surface area contributed by atoms with Crippen molar-refractivity contribution < 1.29 is 27.4 Å². The van der Waals surface area contributed by atoms with Crippen LogP contribution in [0.3, 0.4) is 0 Å². The molecule has 3 aromatic rings. The number of hydrogen-bond donors (Lipinski definition) is 2. The van der Waals surface area contributed by atoms with E-state index in [1.165, 1.54) is 10.8 Å². The topological polar surface area (TPSA) is 85.6 Å². The molecule has 1 amide bonds. The van der Waals surface area contributed by atoms with Gasteiger partial charge < -0.3 is 29.6 Å². The van der Waals surface area contributed by atoms with E-state index in [0.29, 0.717) is 55.5 Å². The Hall–Kier alpha value is -3.53. The van der Waals surface area contributed by atoms with Crippen molar-refractivity contribution in [3.05, 3.63) is 47.9 Å². The standard InChI is InChI=1S/C29H35F3N6O3/c1-36-12-8-24-21(19-36)9-14-40-16-17-41-15-13-38-27(7-11-34-38)28(39)33-10-3-4-22-18-23-25(35-24)5-2-6-26(23)37(22)20-29(30,31)32/h2,5-7,11,18,21,24,35H,8-10,12-17,19-20H2,1H3,(H,33,39). The molecular weight excluding hydrogens is 537 g/mol. The molecule has 2 atom stereocenters. The molecule has 1 fully saturated rings. The van der Waals surface area contributed by atoms with Crippen molar-refractivity contribution in [3.8, 4) is 11.8 Å². The largest absolute Gasteiger partial charge is 0.406 e. The van der Waals surface area contributed by atoms with Gasteiger partial charge in [0.15, 0.2) is 0 Å². The molecule has 2 N–H and O–H groups in total. The van der Waals surface area contributed by atoms with Crippen LogP contribution in [0.25, 0.3) is 10.9 Å². The Morgan fingerprint density at radius 2 is 1.93 bits per heavy atom. The maximum atomic E-state index is 13.6. The maximum Gasteiger partial charge on any atom is 0.406 e. The molecule has 4 heterocycles. The molecule has 9 nitrogen and oxygen atoms in total. The van der Waals surface area contributed by atoms with E-state index in [-0.39, 0.29) is 24.2 Å². The quantitative estimate of drug-likeness (QED) is 0.436. The first-order chi connectivity index (χ1) is 19.8. The minimum absolute atomic E-state index is 0.0340. The number of alkyl halides is 3. The highest BCUT2D eigenvalue weighted by Gasteiger charge is 2.31. The van der Waals surface area contributed by atoms with Gasteiger partial charge in [0.2, 0.25) is 0 Å². The van der Waals surface area contributed by atoms with Gasteiger partial charge >= 0.3 is 6.18 Å². The van der Waals surface area contributed by atoms with Crippen molar-refractivity contribution in [2.45, 2.75) is 38.1 Å². The number of fused-ring (bicyclic) bond motifs is 3. The van der Waals surface area contributed by atoms with Crippen LogP contribution in [-0.4, -0.2) is 90.5 Å². The first-order valence-electron chi connectivity index (χ1n) is 13.9. The van der Waals surface area contributed by atoms with Crippen molar-refractivity contribution in [1.29, 1.82) is 0 Å². The smallest absolute Gasteiger partial charge is 0.381 e. The van der Waals surface area contributed by atoms with E-state index in [4.69, 9.17) is 9.47 Å². The third-order valence-corrected chi connectivity index (χ3v) is 7.52. The van der Waals surface area contributed by atoms with Crippen LogP contribution in [0.1, 0.15) is 29.0 Å². The highest BCUT2D eigenvalue weighted by molar-refractivity contribution is 5.94. The van der Waals surface area contributed by atoms with Crippen LogP contribution in [0.4, 0.5) is 18.9 Å². The van der Waals surface area contributed by atoms with Gasteiger partial charge in [-0.25, -0.2) is 0 Å². The molecule has 2 aliphatic rings. The van der Waals surface area contributed by atoms with E-state index >= 15 is 0 Å². The maximum absolute atomic E-state index is 13.6. The second-order valence-corrected chi connectivity index (χ2v) is 10.5. The Morgan fingerprint density at radius 3 is 2.76 bits per heavy atom. The monoisotopic (exact) mass is 572 g/mol. The summed E-state index contributed by atoms with van der Waals surface area (Å²) in [5.41, 5.74) is 1.82.